The third-order valence-corrected chi connectivity index (χ3v) is 3.38. The summed E-state index contributed by atoms with van der Waals surface area (Å²) < 4.78 is 5.54. The summed E-state index contributed by atoms with van der Waals surface area (Å²) in [5.41, 5.74) is 1.16. The summed E-state index contributed by atoms with van der Waals surface area (Å²) in [5.74, 6) is 1.10. The summed E-state index contributed by atoms with van der Waals surface area (Å²) in [5, 5.41) is 19.4. The standard InChI is InChI=1S/C16H26O3/c1-4-10-19-14-8-6-13(7-9-14)12(3)11-16(18)15(17)5-2/h6-9,12,15-18H,4-5,10-11H2,1-3H3. The summed E-state index contributed by atoms with van der Waals surface area (Å²) in [4.78, 5) is 0. The van der Waals surface area contributed by atoms with Crippen molar-refractivity contribution in [2.45, 2.75) is 58.2 Å². The van der Waals surface area contributed by atoms with Crippen LogP contribution in [0.2, 0.25) is 0 Å². The number of aliphatic hydroxyl groups is 2. The largest absolute Gasteiger partial charge is 0.494 e. The smallest absolute Gasteiger partial charge is 0.119 e. The summed E-state index contributed by atoms with van der Waals surface area (Å²) in [7, 11) is 0. The highest BCUT2D eigenvalue weighted by molar-refractivity contribution is 5.29. The molecule has 3 nitrogen and oxygen atoms in total. The Morgan fingerprint density at radius 3 is 2.21 bits per heavy atom. The molecule has 0 spiro atoms. The van der Waals surface area contributed by atoms with Crippen LogP contribution in [-0.2, 0) is 0 Å². The molecule has 3 unspecified atom stereocenters. The van der Waals surface area contributed by atoms with Crippen LogP contribution in [-0.4, -0.2) is 29.0 Å². The van der Waals surface area contributed by atoms with E-state index in [2.05, 4.69) is 13.8 Å². The number of hydrogen-bond acceptors (Lipinski definition) is 3. The third kappa shape index (κ3) is 5.21. The van der Waals surface area contributed by atoms with Crippen molar-refractivity contribution in [3.8, 4) is 5.75 Å². The van der Waals surface area contributed by atoms with Crippen molar-refractivity contribution < 1.29 is 14.9 Å². The van der Waals surface area contributed by atoms with Gasteiger partial charge in [0.25, 0.3) is 0 Å². The highest BCUT2D eigenvalue weighted by Gasteiger charge is 2.18. The number of ether oxygens (including phenoxy) is 1. The van der Waals surface area contributed by atoms with Crippen LogP contribution in [0.1, 0.15) is 51.5 Å². The van der Waals surface area contributed by atoms with E-state index in [9.17, 15) is 10.2 Å². The topological polar surface area (TPSA) is 49.7 Å². The van der Waals surface area contributed by atoms with Crippen LogP contribution in [0.3, 0.4) is 0 Å². The van der Waals surface area contributed by atoms with Gasteiger partial charge in [0.15, 0.2) is 0 Å². The van der Waals surface area contributed by atoms with Gasteiger partial charge in [0.05, 0.1) is 18.8 Å². The molecule has 0 fully saturated rings. The third-order valence-electron chi connectivity index (χ3n) is 3.38. The van der Waals surface area contributed by atoms with E-state index >= 15 is 0 Å². The minimum Gasteiger partial charge on any atom is -0.494 e. The van der Waals surface area contributed by atoms with Gasteiger partial charge in [0.2, 0.25) is 0 Å². The molecule has 0 radical (unpaired) electrons. The van der Waals surface area contributed by atoms with E-state index in [0.29, 0.717) is 12.8 Å². The molecule has 0 aliphatic carbocycles. The van der Waals surface area contributed by atoms with E-state index in [0.717, 1.165) is 24.3 Å². The second-order valence-corrected chi connectivity index (χ2v) is 5.10. The molecule has 3 heteroatoms. The van der Waals surface area contributed by atoms with Gasteiger partial charge in [-0.15, -0.1) is 0 Å². The molecule has 0 heterocycles. The van der Waals surface area contributed by atoms with Gasteiger partial charge in [-0.1, -0.05) is 32.9 Å². The van der Waals surface area contributed by atoms with Crippen molar-refractivity contribution in [1.82, 2.24) is 0 Å². The Morgan fingerprint density at radius 2 is 1.68 bits per heavy atom. The number of hydrogen-bond donors (Lipinski definition) is 2. The van der Waals surface area contributed by atoms with Gasteiger partial charge >= 0.3 is 0 Å². The first-order valence-corrected chi connectivity index (χ1v) is 7.17. The lowest BCUT2D eigenvalue weighted by atomic mass is 9.92. The number of aliphatic hydroxyl groups excluding tert-OH is 2. The van der Waals surface area contributed by atoms with E-state index in [-0.39, 0.29) is 5.92 Å². The minimum absolute atomic E-state index is 0.219. The summed E-state index contributed by atoms with van der Waals surface area (Å²) >= 11 is 0. The zero-order valence-electron chi connectivity index (χ0n) is 12.2. The summed E-state index contributed by atoms with van der Waals surface area (Å²) in [6, 6.07) is 7.98. The van der Waals surface area contributed by atoms with Crippen molar-refractivity contribution in [3.05, 3.63) is 29.8 Å². The molecule has 0 saturated carbocycles. The molecule has 19 heavy (non-hydrogen) atoms. The predicted octanol–water partition coefficient (Wildman–Crippen LogP) is 3.10. The lowest BCUT2D eigenvalue weighted by Gasteiger charge is -2.20. The van der Waals surface area contributed by atoms with Crippen LogP contribution in [0.5, 0.6) is 5.75 Å². The highest BCUT2D eigenvalue weighted by Crippen LogP contribution is 2.24. The molecule has 1 aromatic rings. The fourth-order valence-electron chi connectivity index (χ4n) is 2.04. The first-order valence-electron chi connectivity index (χ1n) is 7.17. The molecule has 108 valence electrons. The fraction of sp³-hybridized carbons (Fsp3) is 0.625. The molecular formula is C16H26O3. The highest BCUT2D eigenvalue weighted by atomic mass is 16.5. The number of rotatable bonds is 8. The molecule has 0 aromatic heterocycles. The molecule has 0 bridgehead atoms. The zero-order chi connectivity index (χ0) is 14.3. The van der Waals surface area contributed by atoms with E-state index in [1.807, 2.05) is 31.2 Å². The Balaban J connectivity index is 2.55. The van der Waals surface area contributed by atoms with E-state index in [1.54, 1.807) is 0 Å². The average molecular weight is 266 g/mol. The van der Waals surface area contributed by atoms with Crippen LogP contribution < -0.4 is 4.74 Å². The van der Waals surface area contributed by atoms with Gasteiger partial charge in [-0.25, -0.2) is 0 Å². The molecule has 0 aliphatic rings. The lowest BCUT2D eigenvalue weighted by Crippen LogP contribution is -2.26. The Bertz CT molecular complexity index is 348. The van der Waals surface area contributed by atoms with Crippen molar-refractivity contribution in [2.75, 3.05) is 6.61 Å². The predicted molar refractivity (Wildman–Crippen MR) is 77.6 cm³/mol. The molecular weight excluding hydrogens is 240 g/mol. The maximum absolute atomic E-state index is 9.85. The molecule has 1 rings (SSSR count). The summed E-state index contributed by atoms with van der Waals surface area (Å²) in [6.45, 7) is 6.75. The SMILES string of the molecule is CCCOc1ccc(C(C)CC(O)C(O)CC)cc1. The lowest BCUT2D eigenvalue weighted by molar-refractivity contribution is 0.00953. The Morgan fingerprint density at radius 1 is 1.05 bits per heavy atom. The molecule has 0 aliphatic heterocycles. The van der Waals surface area contributed by atoms with Gasteiger partial charge in [0, 0.05) is 0 Å². The van der Waals surface area contributed by atoms with Crippen molar-refractivity contribution in [1.29, 1.82) is 0 Å². The second kappa shape index (κ2) is 8.18. The fourth-order valence-corrected chi connectivity index (χ4v) is 2.04. The maximum Gasteiger partial charge on any atom is 0.119 e. The Hall–Kier alpha value is -1.06. The second-order valence-electron chi connectivity index (χ2n) is 5.10. The van der Waals surface area contributed by atoms with E-state index < -0.39 is 12.2 Å². The maximum atomic E-state index is 9.85. The van der Waals surface area contributed by atoms with Gasteiger partial charge < -0.3 is 14.9 Å². The zero-order valence-corrected chi connectivity index (χ0v) is 12.2. The molecule has 0 amide bonds. The summed E-state index contributed by atoms with van der Waals surface area (Å²) in [6.07, 6.45) is 0.867. The van der Waals surface area contributed by atoms with Crippen LogP contribution in [0.25, 0.3) is 0 Å². The van der Waals surface area contributed by atoms with Crippen molar-refractivity contribution in [2.24, 2.45) is 0 Å². The van der Waals surface area contributed by atoms with Crippen molar-refractivity contribution in [3.63, 3.8) is 0 Å². The van der Waals surface area contributed by atoms with Gasteiger partial charge in [-0.3, -0.25) is 0 Å². The minimum atomic E-state index is -0.656. The number of benzene rings is 1. The molecule has 1 aromatic carbocycles. The Labute approximate surface area is 116 Å². The first kappa shape index (κ1) is 16.0. The van der Waals surface area contributed by atoms with Crippen LogP contribution in [0.4, 0.5) is 0 Å². The quantitative estimate of drug-likeness (QED) is 0.760. The van der Waals surface area contributed by atoms with Crippen LogP contribution in [0.15, 0.2) is 24.3 Å². The van der Waals surface area contributed by atoms with E-state index in [1.165, 1.54) is 0 Å². The average Bonchev–Trinajstić information content (AvgIpc) is 2.44. The molecule has 2 N–H and O–H groups in total. The molecule has 0 saturated heterocycles. The van der Waals surface area contributed by atoms with Crippen LogP contribution in [0, 0.1) is 0 Å². The normalized spacial score (nSPS) is 15.8. The Kier molecular flexibility index (Phi) is 6.89. The van der Waals surface area contributed by atoms with Crippen molar-refractivity contribution >= 4 is 0 Å². The monoisotopic (exact) mass is 266 g/mol. The van der Waals surface area contributed by atoms with Gasteiger partial charge in [0.1, 0.15) is 5.75 Å². The van der Waals surface area contributed by atoms with Gasteiger partial charge in [-0.05, 0) is 42.9 Å². The van der Waals surface area contributed by atoms with Crippen LogP contribution >= 0.6 is 0 Å². The first-order chi connectivity index (χ1) is 9.08. The van der Waals surface area contributed by atoms with E-state index in [4.69, 9.17) is 4.74 Å². The molecule has 3 atom stereocenters. The van der Waals surface area contributed by atoms with Gasteiger partial charge in [-0.2, -0.15) is 0 Å².